The Kier molecular flexibility index (Phi) is 5.79. The minimum absolute atomic E-state index is 0.674. The first-order valence-electron chi connectivity index (χ1n) is 7.61. The third kappa shape index (κ3) is 4.71. The van der Waals surface area contributed by atoms with Crippen molar-refractivity contribution in [2.75, 3.05) is 7.11 Å². The number of ether oxygens (including phenoxy) is 1. The molecule has 0 bridgehead atoms. The van der Waals surface area contributed by atoms with E-state index >= 15 is 0 Å². The third-order valence-corrected chi connectivity index (χ3v) is 5.51. The zero-order valence-electron chi connectivity index (χ0n) is 13.1. The van der Waals surface area contributed by atoms with Crippen molar-refractivity contribution >= 4 is 11.8 Å². The number of nitrogens with one attached hydrogen (secondary N) is 1. The smallest absolute Gasteiger partial charge is 0.122 e. The van der Waals surface area contributed by atoms with E-state index < -0.39 is 0 Å². The summed E-state index contributed by atoms with van der Waals surface area (Å²) in [6, 6.07) is 7.35. The normalized spacial score (nSPS) is 16.4. The molecule has 20 heavy (non-hydrogen) atoms. The second-order valence-corrected chi connectivity index (χ2v) is 7.43. The number of hydrogen-bond donors (Lipinski definition) is 1. The predicted octanol–water partition coefficient (Wildman–Crippen LogP) is 4.22. The molecule has 112 valence electrons. The highest BCUT2D eigenvalue weighted by molar-refractivity contribution is 7.99. The van der Waals surface area contributed by atoms with E-state index in [1.165, 1.54) is 24.0 Å². The first kappa shape index (κ1) is 15.7. The van der Waals surface area contributed by atoms with E-state index in [1.54, 1.807) is 7.11 Å². The van der Waals surface area contributed by atoms with Crippen LogP contribution in [0, 0.1) is 5.92 Å². The lowest BCUT2D eigenvalue weighted by Gasteiger charge is -2.17. The van der Waals surface area contributed by atoms with Gasteiger partial charge in [0.05, 0.1) is 7.11 Å². The molecule has 0 aromatic heterocycles. The summed E-state index contributed by atoms with van der Waals surface area (Å²) < 4.78 is 5.50. The Morgan fingerprint density at radius 2 is 2.05 bits per heavy atom. The molecule has 1 aliphatic rings. The van der Waals surface area contributed by atoms with Gasteiger partial charge in [-0.15, -0.1) is 0 Å². The molecule has 1 fully saturated rings. The molecular formula is C17H27NOS. The summed E-state index contributed by atoms with van der Waals surface area (Å²) in [5.74, 6) is 2.76. The second kappa shape index (κ2) is 7.37. The van der Waals surface area contributed by atoms with Crippen LogP contribution in [0.4, 0.5) is 0 Å². The van der Waals surface area contributed by atoms with Crippen LogP contribution in [-0.2, 0) is 12.3 Å². The summed E-state index contributed by atoms with van der Waals surface area (Å²) in [7, 11) is 1.76. The van der Waals surface area contributed by atoms with Crippen LogP contribution in [0.2, 0.25) is 0 Å². The van der Waals surface area contributed by atoms with Gasteiger partial charge < -0.3 is 10.1 Å². The van der Waals surface area contributed by atoms with Gasteiger partial charge in [-0.25, -0.2) is 0 Å². The van der Waals surface area contributed by atoms with Crippen LogP contribution in [-0.4, -0.2) is 18.4 Å². The Balaban J connectivity index is 1.97. The van der Waals surface area contributed by atoms with Crippen LogP contribution < -0.4 is 10.1 Å². The van der Waals surface area contributed by atoms with Crippen LogP contribution in [0.3, 0.4) is 0 Å². The Morgan fingerprint density at radius 1 is 1.30 bits per heavy atom. The molecule has 1 atom stereocenters. The van der Waals surface area contributed by atoms with Gasteiger partial charge in [0.25, 0.3) is 0 Å². The number of methoxy groups -OCH3 is 1. The van der Waals surface area contributed by atoms with Crippen LogP contribution in [0.5, 0.6) is 5.75 Å². The van der Waals surface area contributed by atoms with Crippen molar-refractivity contribution in [3.63, 3.8) is 0 Å². The molecule has 1 aliphatic carbocycles. The Hall–Kier alpha value is -0.670. The first-order chi connectivity index (χ1) is 9.60. The molecule has 0 spiro atoms. The molecule has 1 N–H and O–H groups in total. The average Bonchev–Trinajstić information content (AvgIpc) is 3.26. The number of thioether (sulfide) groups is 1. The molecule has 1 saturated carbocycles. The minimum Gasteiger partial charge on any atom is -0.496 e. The topological polar surface area (TPSA) is 21.3 Å². The highest BCUT2D eigenvalue weighted by atomic mass is 32.2. The maximum Gasteiger partial charge on any atom is 0.122 e. The fourth-order valence-corrected chi connectivity index (χ4v) is 3.07. The Labute approximate surface area is 127 Å². The summed E-state index contributed by atoms with van der Waals surface area (Å²) in [4.78, 5) is 0. The van der Waals surface area contributed by atoms with Crippen LogP contribution in [0.1, 0.15) is 44.7 Å². The van der Waals surface area contributed by atoms with Crippen molar-refractivity contribution in [2.24, 2.45) is 5.92 Å². The van der Waals surface area contributed by atoms with Gasteiger partial charge in [-0.05, 0) is 36.5 Å². The number of hydrogen-bond acceptors (Lipinski definition) is 3. The van der Waals surface area contributed by atoms with E-state index in [0.717, 1.165) is 24.1 Å². The van der Waals surface area contributed by atoms with Gasteiger partial charge in [-0.2, -0.15) is 11.8 Å². The lowest BCUT2D eigenvalue weighted by atomic mass is 10.1. The predicted molar refractivity (Wildman–Crippen MR) is 88.5 cm³/mol. The van der Waals surface area contributed by atoms with E-state index in [1.807, 2.05) is 11.8 Å². The van der Waals surface area contributed by atoms with Gasteiger partial charge >= 0.3 is 0 Å². The fourth-order valence-electron chi connectivity index (χ4n) is 2.02. The van der Waals surface area contributed by atoms with Crippen molar-refractivity contribution in [3.05, 3.63) is 29.3 Å². The fraction of sp³-hybridized carbons (Fsp3) is 0.647. The lowest BCUT2D eigenvalue weighted by molar-refractivity contribution is 0.411. The molecule has 1 unspecified atom stereocenters. The molecule has 1 aromatic carbocycles. The molecule has 0 amide bonds. The zero-order chi connectivity index (χ0) is 14.5. The molecule has 3 heteroatoms. The summed E-state index contributed by atoms with van der Waals surface area (Å²) >= 11 is 2.01. The van der Waals surface area contributed by atoms with E-state index in [4.69, 9.17) is 4.74 Å². The zero-order valence-corrected chi connectivity index (χ0v) is 13.9. The lowest BCUT2D eigenvalue weighted by Crippen LogP contribution is -2.15. The monoisotopic (exact) mass is 293 g/mol. The molecular weight excluding hydrogens is 266 g/mol. The van der Waals surface area contributed by atoms with Gasteiger partial charge in [0.1, 0.15) is 5.75 Å². The highest BCUT2D eigenvalue weighted by Gasteiger charge is 2.20. The molecule has 2 nitrogen and oxygen atoms in total. The van der Waals surface area contributed by atoms with Crippen LogP contribution in [0.25, 0.3) is 0 Å². The number of benzene rings is 1. The first-order valence-corrected chi connectivity index (χ1v) is 8.65. The van der Waals surface area contributed by atoms with Gasteiger partial charge in [0.15, 0.2) is 0 Å². The molecule has 2 rings (SSSR count). The number of rotatable bonds is 8. The standard InChI is InChI=1S/C17H27NOS/c1-12(2)13(3)20-11-15-9-14(5-8-17(15)19-4)10-18-16-6-7-16/h5,8-9,12-13,16,18H,6-7,10-11H2,1-4H3. The Bertz CT molecular complexity index is 429. The maximum absolute atomic E-state index is 5.50. The van der Waals surface area contributed by atoms with Crippen molar-refractivity contribution in [1.82, 2.24) is 5.32 Å². The van der Waals surface area contributed by atoms with Crippen molar-refractivity contribution in [3.8, 4) is 5.75 Å². The molecule has 0 heterocycles. The Morgan fingerprint density at radius 3 is 2.65 bits per heavy atom. The summed E-state index contributed by atoms with van der Waals surface area (Å²) in [6.07, 6.45) is 2.68. The summed E-state index contributed by atoms with van der Waals surface area (Å²) in [6.45, 7) is 7.85. The SMILES string of the molecule is COc1ccc(CNC2CC2)cc1CSC(C)C(C)C. The minimum atomic E-state index is 0.674. The molecule has 1 aromatic rings. The molecule has 0 saturated heterocycles. The van der Waals surface area contributed by atoms with Gasteiger partial charge in [0.2, 0.25) is 0 Å². The summed E-state index contributed by atoms with van der Waals surface area (Å²) in [5.41, 5.74) is 2.69. The van der Waals surface area contributed by atoms with E-state index in [2.05, 4.69) is 44.3 Å². The summed E-state index contributed by atoms with van der Waals surface area (Å²) in [5, 5.41) is 4.25. The van der Waals surface area contributed by atoms with Gasteiger partial charge in [-0.1, -0.05) is 26.8 Å². The molecule has 0 radical (unpaired) electrons. The maximum atomic E-state index is 5.50. The van der Waals surface area contributed by atoms with Crippen molar-refractivity contribution in [1.29, 1.82) is 0 Å². The average molecular weight is 293 g/mol. The van der Waals surface area contributed by atoms with E-state index in [-0.39, 0.29) is 0 Å². The van der Waals surface area contributed by atoms with Crippen molar-refractivity contribution < 1.29 is 4.74 Å². The quantitative estimate of drug-likeness (QED) is 0.775. The van der Waals surface area contributed by atoms with E-state index in [0.29, 0.717) is 11.2 Å². The van der Waals surface area contributed by atoms with Crippen LogP contribution in [0.15, 0.2) is 18.2 Å². The highest BCUT2D eigenvalue weighted by Crippen LogP contribution is 2.29. The van der Waals surface area contributed by atoms with Gasteiger partial charge in [0, 0.05) is 29.2 Å². The largest absolute Gasteiger partial charge is 0.496 e. The van der Waals surface area contributed by atoms with Crippen molar-refractivity contribution in [2.45, 2.75) is 57.2 Å². The molecule has 0 aliphatic heterocycles. The van der Waals surface area contributed by atoms with E-state index in [9.17, 15) is 0 Å². The van der Waals surface area contributed by atoms with Crippen LogP contribution >= 0.6 is 11.8 Å². The van der Waals surface area contributed by atoms with Gasteiger partial charge in [-0.3, -0.25) is 0 Å². The third-order valence-electron chi connectivity index (χ3n) is 3.96. The second-order valence-electron chi connectivity index (χ2n) is 6.06.